The van der Waals surface area contributed by atoms with Crippen molar-refractivity contribution < 1.29 is 13.6 Å². The summed E-state index contributed by atoms with van der Waals surface area (Å²) < 4.78 is 29.7. The highest BCUT2D eigenvalue weighted by atomic mass is 19.3. The quantitative estimate of drug-likeness (QED) is 0.883. The van der Waals surface area contributed by atoms with Crippen LogP contribution < -0.4 is 10.2 Å². The van der Waals surface area contributed by atoms with E-state index in [0.29, 0.717) is 13.0 Å². The molecule has 0 aromatic heterocycles. The second-order valence-corrected chi connectivity index (χ2v) is 7.77. The largest absolute Gasteiger partial charge is 0.371 e. The lowest BCUT2D eigenvalue weighted by Crippen LogP contribution is -2.60. The van der Waals surface area contributed by atoms with Gasteiger partial charge in [0.2, 0.25) is 0 Å². The van der Waals surface area contributed by atoms with Gasteiger partial charge in [0.15, 0.2) is 0 Å². The van der Waals surface area contributed by atoms with Crippen LogP contribution in [0, 0.1) is 12.3 Å². The number of carbonyl (C=O) groups is 1. The Morgan fingerprint density at radius 1 is 1.20 bits per heavy atom. The highest BCUT2D eigenvalue weighted by Gasteiger charge is 2.60. The topological polar surface area (TPSA) is 35.6 Å². The standard InChI is InChI=1S/C19H27F2N3O/c1-14(2)22-17(25)24-10-8-19(20,21)18(13-24)7-9-23(12-18)16-6-4-5-15(3)11-16/h4-6,11,14H,7-10,12-13H2,1-3H3,(H,22,25). The van der Waals surface area contributed by atoms with Gasteiger partial charge in [0.05, 0.1) is 5.41 Å². The van der Waals surface area contributed by atoms with E-state index in [0.717, 1.165) is 11.3 Å². The van der Waals surface area contributed by atoms with Gasteiger partial charge >= 0.3 is 6.03 Å². The number of benzene rings is 1. The smallest absolute Gasteiger partial charge is 0.317 e. The van der Waals surface area contributed by atoms with Crippen molar-refractivity contribution in [1.29, 1.82) is 0 Å². The van der Waals surface area contributed by atoms with Crippen molar-refractivity contribution >= 4 is 11.7 Å². The first kappa shape index (κ1) is 18.0. The van der Waals surface area contributed by atoms with E-state index in [9.17, 15) is 13.6 Å². The third-order valence-electron chi connectivity index (χ3n) is 5.39. The van der Waals surface area contributed by atoms with Crippen LogP contribution in [-0.2, 0) is 0 Å². The molecule has 4 nitrogen and oxygen atoms in total. The molecule has 1 unspecified atom stereocenters. The second kappa shape index (κ2) is 6.46. The van der Waals surface area contributed by atoms with Crippen molar-refractivity contribution in [3.63, 3.8) is 0 Å². The van der Waals surface area contributed by atoms with Gasteiger partial charge in [0, 0.05) is 44.3 Å². The first-order valence-electron chi connectivity index (χ1n) is 8.97. The lowest BCUT2D eigenvalue weighted by molar-refractivity contribution is -0.149. The highest BCUT2D eigenvalue weighted by molar-refractivity contribution is 5.74. The number of hydrogen-bond acceptors (Lipinski definition) is 2. The van der Waals surface area contributed by atoms with E-state index in [1.807, 2.05) is 49.9 Å². The second-order valence-electron chi connectivity index (χ2n) is 7.77. The van der Waals surface area contributed by atoms with Crippen molar-refractivity contribution in [2.24, 2.45) is 5.41 Å². The van der Waals surface area contributed by atoms with Crippen LogP contribution in [0.2, 0.25) is 0 Å². The van der Waals surface area contributed by atoms with E-state index in [-0.39, 0.29) is 38.1 Å². The molecule has 1 spiro atoms. The molecule has 3 rings (SSSR count). The summed E-state index contributed by atoms with van der Waals surface area (Å²) in [5, 5.41) is 2.83. The molecule has 0 aliphatic carbocycles. The summed E-state index contributed by atoms with van der Waals surface area (Å²) in [4.78, 5) is 15.9. The Hall–Kier alpha value is -1.85. The maximum Gasteiger partial charge on any atom is 0.317 e. The average molecular weight is 351 g/mol. The number of carbonyl (C=O) groups excluding carboxylic acids is 1. The third kappa shape index (κ3) is 3.44. The molecule has 6 heteroatoms. The number of aryl methyl sites for hydroxylation is 1. The van der Waals surface area contributed by atoms with Crippen molar-refractivity contribution in [3.05, 3.63) is 29.8 Å². The Morgan fingerprint density at radius 3 is 2.64 bits per heavy atom. The normalized spacial score (nSPS) is 25.7. The summed E-state index contributed by atoms with van der Waals surface area (Å²) in [7, 11) is 0. The predicted molar refractivity (Wildman–Crippen MR) is 95.2 cm³/mol. The maximum atomic E-state index is 14.8. The molecule has 0 bridgehead atoms. The minimum absolute atomic E-state index is 0.00161. The highest BCUT2D eigenvalue weighted by Crippen LogP contribution is 2.50. The van der Waals surface area contributed by atoms with Crippen LogP contribution in [0.4, 0.5) is 19.3 Å². The van der Waals surface area contributed by atoms with E-state index in [2.05, 4.69) is 5.32 Å². The number of anilines is 1. The number of nitrogens with one attached hydrogen (secondary N) is 1. The molecule has 1 aromatic carbocycles. The summed E-state index contributed by atoms with van der Waals surface area (Å²) in [5.74, 6) is -2.75. The molecule has 2 aliphatic rings. The zero-order valence-electron chi connectivity index (χ0n) is 15.2. The molecule has 1 aromatic rings. The molecule has 2 heterocycles. The number of rotatable bonds is 2. The SMILES string of the molecule is Cc1cccc(N2CCC3(CN(C(=O)NC(C)C)CCC3(F)F)C2)c1. The molecule has 2 saturated heterocycles. The number of halogens is 2. The Bertz CT molecular complexity index is 649. The van der Waals surface area contributed by atoms with E-state index < -0.39 is 11.3 Å². The minimum Gasteiger partial charge on any atom is -0.371 e. The van der Waals surface area contributed by atoms with E-state index in [4.69, 9.17) is 0 Å². The number of amides is 2. The zero-order chi connectivity index (χ0) is 18.2. The van der Waals surface area contributed by atoms with Crippen LogP contribution in [0.1, 0.15) is 32.3 Å². The maximum absolute atomic E-state index is 14.8. The molecular formula is C19H27F2N3O. The molecule has 1 atom stereocenters. The number of hydrogen-bond donors (Lipinski definition) is 1. The average Bonchev–Trinajstić information content (AvgIpc) is 2.95. The first-order valence-corrected chi connectivity index (χ1v) is 8.97. The van der Waals surface area contributed by atoms with Gasteiger partial charge in [0.25, 0.3) is 5.92 Å². The zero-order valence-corrected chi connectivity index (χ0v) is 15.2. The first-order chi connectivity index (χ1) is 11.7. The molecule has 138 valence electrons. The van der Waals surface area contributed by atoms with Gasteiger partial charge in [-0.25, -0.2) is 13.6 Å². The Morgan fingerprint density at radius 2 is 1.96 bits per heavy atom. The summed E-state index contributed by atoms with van der Waals surface area (Å²) in [6.07, 6.45) is 0.138. The van der Waals surface area contributed by atoms with E-state index in [1.165, 1.54) is 0 Å². The molecular weight excluding hydrogens is 324 g/mol. The number of piperidine rings is 1. The number of urea groups is 1. The predicted octanol–water partition coefficient (Wildman–Crippen LogP) is 3.65. The fraction of sp³-hybridized carbons (Fsp3) is 0.632. The van der Waals surface area contributed by atoms with E-state index >= 15 is 0 Å². The van der Waals surface area contributed by atoms with Crippen LogP contribution in [0.5, 0.6) is 0 Å². The Labute approximate surface area is 148 Å². The molecule has 1 N–H and O–H groups in total. The molecule has 25 heavy (non-hydrogen) atoms. The van der Waals surface area contributed by atoms with Gasteiger partial charge in [-0.3, -0.25) is 0 Å². The van der Waals surface area contributed by atoms with E-state index in [1.54, 1.807) is 4.90 Å². The van der Waals surface area contributed by atoms with Crippen LogP contribution in [0.15, 0.2) is 24.3 Å². The van der Waals surface area contributed by atoms with Crippen LogP contribution >= 0.6 is 0 Å². The minimum atomic E-state index is -2.75. The van der Waals surface area contributed by atoms with Crippen molar-refractivity contribution in [1.82, 2.24) is 10.2 Å². The Kier molecular flexibility index (Phi) is 4.64. The van der Waals surface area contributed by atoms with Crippen molar-refractivity contribution in [2.45, 2.75) is 45.6 Å². The fourth-order valence-electron chi connectivity index (χ4n) is 3.96. The molecule has 2 aliphatic heterocycles. The lowest BCUT2D eigenvalue weighted by Gasteiger charge is -2.46. The van der Waals surface area contributed by atoms with Gasteiger partial charge in [-0.05, 0) is 44.9 Å². The van der Waals surface area contributed by atoms with Crippen LogP contribution in [-0.4, -0.2) is 49.1 Å². The monoisotopic (exact) mass is 351 g/mol. The molecule has 2 amide bonds. The number of alkyl halides is 2. The fourth-order valence-corrected chi connectivity index (χ4v) is 3.96. The third-order valence-corrected chi connectivity index (χ3v) is 5.39. The molecule has 0 radical (unpaired) electrons. The van der Waals surface area contributed by atoms with Gasteiger partial charge in [-0.15, -0.1) is 0 Å². The summed E-state index contributed by atoms with van der Waals surface area (Å²) in [6.45, 7) is 6.86. The summed E-state index contributed by atoms with van der Waals surface area (Å²) >= 11 is 0. The lowest BCUT2D eigenvalue weighted by atomic mass is 9.75. The number of nitrogens with zero attached hydrogens (tertiary/aromatic N) is 2. The van der Waals surface area contributed by atoms with Gasteiger partial charge in [0.1, 0.15) is 0 Å². The summed E-state index contributed by atoms with van der Waals surface area (Å²) in [5.41, 5.74) is 0.937. The number of likely N-dealkylation sites (tertiary alicyclic amines) is 1. The van der Waals surface area contributed by atoms with Gasteiger partial charge < -0.3 is 15.1 Å². The summed E-state index contributed by atoms with van der Waals surface area (Å²) in [6, 6.07) is 7.72. The van der Waals surface area contributed by atoms with Crippen molar-refractivity contribution in [2.75, 3.05) is 31.1 Å². The molecule has 0 saturated carbocycles. The van der Waals surface area contributed by atoms with Gasteiger partial charge in [-0.1, -0.05) is 12.1 Å². The van der Waals surface area contributed by atoms with Gasteiger partial charge in [-0.2, -0.15) is 0 Å². The van der Waals surface area contributed by atoms with Crippen LogP contribution in [0.25, 0.3) is 0 Å². The van der Waals surface area contributed by atoms with Crippen molar-refractivity contribution in [3.8, 4) is 0 Å². The Balaban J connectivity index is 1.79. The molecule has 2 fully saturated rings. The van der Waals surface area contributed by atoms with Crippen LogP contribution in [0.3, 0.4) is 0 Å².